The Hall–Kier alpha value is -1.82. The van der Waals surface area contributed by atoms with E-state index in [1.165, 1.54) is 19.3 Å². The molecule has 6 nitrogen and oxygen atoms in total. The number of aliphatic imine (C=N–C) groups is 1. The molecule has 0 spiro atoms. The number of pyridine rings is 1. The van der Waals surface area contributed by atoms with Crippen LogP contribution in [0.2, 0.25) is 0 Å². The average Bonchev–Trinajstić information content (AvgIpc) is 3.50. The van der Waals surface area contributed by atoms with Crippen molar-refractivity contribution in [3.8, 4) is 5.88 Å². The molecule has 3 N–H and O–H groups in total. The Morgan fingerprint density at radius 1 is 1.33 bits per heavy atom. The summed E-state index contributed by atoms with van der Waals surface area (Å²) in [5, 5.41) is 17.1. The Labute approximate surface area is 162 Å². The summed E-state index contributed by atoms with van der Waals surface area (Å²) in [7, 11) is 0. The number of aromatic nitrogens is 1. The van der Waals surface area contributed by atoms with Crippen molar-refractivity contribution in [1.29, 1.82) is 0 Å². The van der Waals surface area contributed by atoms with E-state index in [2.05, 4.69) is 29.5 Å². The highest BCUT2D eigenvalue weighted by Crippen LogP contribution is 2.35. The molecular weight excluding hydrogens is 340 g/mol. The third-order valence-electron chi connectivity index (χ3n) is 5.67. The maximum atomic E-state index is 10.4. The van der Waals surface area contributed by atoms with Crippen molar-refractivity contribution < 1.29 is 9.84 Å². The highest BCUT2D eigenvalue weighted by molar-refractivity contribution is 5.79. The van der Waals surface area contributed by atoms with Gasteiger partial charge in [-0.05, 0) is 50.2 Å². The second-order valence-electron chi connectivity index (χ2n) is 8.22. The van der Waals surface area contributed by atoms with Crippen molar-refractivity contribution in [1.82, 2.24) is 15.6 Å². The summed E-state index contributed by atoms with van der Waals surface area (Å²) in [5.41, 5.74) is 0.992. The van der Waals surface area contributed by atoms with E-state index in [1.807, 2.05) is 12.1 Å². The molecule has 150 valence electrons. The quantitative estimate of drug-likeness (QED) is 0.482. The highest BCUT2D eigenvalue weighted by Gasteiger charge is 2.35. The zero-order valence-electron chi connectivity index (χ0n) is 16.7. The first-order chi connectivity index (χ1) is 13.1. The van der Waals surface area contributed by atoms with Gasteiger partial charge >= 0.3 is 0 Å². The van der Waals surface area contributed by atoms with E-state index < -0.39 is 0 Å². The number of aliphatic hydroxyl groups is 1. The van der Waals surface area contributed by atoms with Gasteiger partial charge in [0, 0.05) is 30.8 Å². The summed E-state index contributed by atoms with van der Waals surface area (Å²) in [6.07, 6.45) is 8.34. The smallest absolute Gasteiger partial charge is 0.213 e. The lowest BCUT2D eigenvalue weighted by atomic mass is 9.73. The average molecular weight is 375 g/mol. The van der Waals surface area contributed by atoms with Gasteiger partial charge in [-0.2, -0.15) is 0 Å². The number of aliphatic hydroxyl groups excluding tert-OH is 1. The summed E-state index contributed by atoms with van der Waals surface area (Å²) in [5.74, 6) is 2.19. The summed E-state index contributed by atoms with van der Waals surface area (Å²) in [6.45, 7) is 7.09. The monoisotopic (exact) mass is 374 g/mol. The Bertz CT molecular complexity index is 632. The van der Waals surface area contributed by atoms with Crippen LogP contribution in [-0.2, 0) is 6.54 Å². The highest BCUT2D eigenvalue weighted by atomic mass is 16.5. The van der Waals surface area contributed by atoms with Gasteiger partial charge in [0.05, 0.1) is 19.3 Å². The Morgan fingerprint density at radius 2 is 2.19 bits per heavy atom. The molecule has 2 fully saturated rings. The molecule has 0 aromatic carbocycles. The topological polar surface area (TPSA) is 78.8 Å². The lowest BCUT2D eigenvalue weighted by molar-refractivity contribution is 0.00397. The minimum Gasteiger partial charge on any atom is -0.477 e. The van der Waals surface area contributed by atoms with Gasteiger partial charge in [-0.1, -0.05) is 19.8 Å². The lowest BCUT2D eigenvalue weighted by Gasteiger charge is -2.38. The van der Waals surface area contributed by atoms with Crippen LogP contribution in [0.15, 0.2) is 23.3 Å². The normalized spacial score (nSPS) is 25.9. The van der Waals surface area contributed by atoms with Gasteiger partial charge in [0.2, 0.25) is 5.88 Å². The maximum Gasteiger partial charge on any atom is 0.213 e. The second kappa shape index (κ2) is 9.40. The van der Waals surface area contributed by atoms with Gasteiger partial charge in [0.25, 0.3) is 0 Å². The molecule has 2 aliphatic rings. The van der Waals surface area contributed by atoms with E-state index in [0.29, 0.717) is 12.4 Å². The van der Waals surface area contributed by atoms with Crippen LogP contribution in [0, 0.1) is 11.3 Å². The number of guanidine groups is 1. The summed E-state index contributed by atoms with van der Waals surface area (Å²) < 4.78 is 5.76. The van der Waals surface area contributed by atoms with E-state index in [-0.39, 0.29) is 11.5 Å². The third-order valence-corrected chi connectivity index (χ3v) is 5.67. The number of nitrogens with zero attached hydrogens (tertiary/aromatic N) is 2. The number of hydrogen-bond acceptors (Lipinski definition) is 4. The van der Waals surface area contributed by atoms with Gasteiger partial charge in [0.1, 0.15) is 0 Å². The van der Waals surface area contributed by atoms with Gasteiger partial charge in [0.15, 0.2) is 5.96 Å². The number of nitrogens with one attached hydrogen (secondary N) is 2. The molecule has 0 aliphatic heterocycles. The van der Waals surface area contributed by atoms with E-state index in [9.17, 15) is 5.11 Å². The van der Waals surface area contributed by atoms with Crippen LogP contribution in [0.3, 0.4) is 0 Å². The molecule has 0 bridgehead atoms. The van der Waals surface area contributed by atoms with Crippen molar-refractivity contribution in [2.75, 3.05) is 19.7 Å². The largest absolute Gasteiger partial charge is 0.477 e. The van der Waals surface area contributed by atoms with Crippen molar-refractivity contribution in [3.63, 3.8) is 0 Å². The molecule has 27 heavy (non-hydrogen) atoms. The van der Waals surface area contributed by atoms with Gasteiger partial charge in [-0.3, -0.25) is 0 Å². The van der Waals surface area contributed by atoms with Crippen molar-refractivity contribution in [2.45, 2.75) is 65.0 Å². The fourth-order valence-electron chi connectivity index (χ4n) is 3.50. The predicted octanol–water partition coefficient (Wildman–Crippen LogP) is 2.87. The SMILES string of the molecule is CCNC(=NCc1ccnc(OCC2CC2)c1)NCC1(C)CCCCC1O. The van der Waals surface area contributed by atoms with Crippen molar-refractivity contribution in [3.05, 3.63) is 23.9 Å². The Kier molecular flexibility index (Phi) is 6.94. The maximum absolute atomic E-state index is 10.4. The molecule has 3 rings (SSSR count). The fourth-order valence-corrected chi connectivity index (χ4v) is 3.50. The minimum absolute atomic E-state index is 0.0884. The standard InChI is InChI=1S/C21H34N4O2/c1-3-22-20(25-15-21(2)10-5-4-6-18(21)26)24-13-17-9-11-23-19(12-17)27-14-16-7-8-16/h9,11-12,16,18,26H,3-8,10,13-15H2,1-2H3,(H2,22,24,25). The van der Waals surface area contributed by atoms with E-state index in [0.717, 1.165) is 56.4 Å². The molecular formula is C21H34N4O2. The van der Waals surface area contributed by atoms with Gasteiger partial charge < -0.3 is 20.5 Å². The number of rotatable bonds is 8. The Morgan fingerprint density at radius 3 is 2.93 bits per heavy atom. The first-order valence-electron chi connectivity index (χ1n) is 10.4. The molecule has 1 aromatic rings. The van der Waals surface area contributed by atoms with E-state index in [4.69, 9.17) is 9.73 Å². The molecule has 0 saturated heterocycles. The molecule has 0 amide bonds. The molecule has 6 heteroatoms. The first-order valence-corrected chi connectivity index (χ1v) is 10.4. The van der Waals surface area contributed by atoms with Crippen LogP contribution in [0.25, 0.3) is 0 Å². The number of hydrogen-bond donors (Lipinski definition) is 3. The molecule has 1 heterocycles. The lowest BCUT2D eigenvalue weighted by Crippen LogP contribution is -2.48. The molecule has 1 aromatic heterocycles. The predicted molar refractivity (Wildman–Crippen MR) is 108 cm³/mol. The van der Waals surface area contributed by atoms with E-state index in [1.54, 1.807) is 6.20 Å². The minimum atomic E-state index is -0.243. The zero-order valence-corrected chi connectivity index (χ0v) is 16.7. The van der Waals surface area contributed by atoms with Crippen LogP contribution >= 0.6 is 0 Å². The molecule has 2 aliphatic carbocycles. The van der Waals surface area contributed by atoms with Crippen LogP contribution < -0.4 is 15.4 Å². The molecule has 2 saturated carbocycles. The van der Waals surface area contributed by atoms with Crippen molar-refractivity contribution in [2.24, 2.45) is 16.3 Å². The summed E-state index contributed by atoms with van der Waals surface area (Å²) in [6, 6.07) is 3.95. The summed E-state index contributed by atoms with van der Waals surface area (Å²) in [4.78, 5) is 8.99. The van der Waals surface area contributed by atoms with E-state index >= 15 is 0 Å². The van der Waals surface area contributed by atoms with Crippen molar-refractivity contribution >= 4 is 5.96 Å². The van der Waals surface area contributed by atoms with Crippen LogP contribution in [-0.4, -0.2) is 41.9 Å². The molecule has 2 atom stereocenters. The molecule has 0 radical (unpaired) electrons. The van der Waals surface area contributed by atoms with Crippen LogP contribution in [0.1, 0.15) is 57.9 Å². The van der Waals surface area contributed by atoms with Crippen LogP contribution in [0.4, 0.5) is 0 Å². The van der Waals surface area contributed by atoms with Gasteiger partial charge in [-0.25, -0.2) is 9.98 Å². The van der Waals surface area contributed by atoms with Crippen LogP contribution in [0.5, 0.6) is 5.88 Å². The Balaban J connectivity index is 1.55. The summed E-state index contributed by atoms with van der Waals surface area (Å²) >= 11 is 0. The first kappa shape index (κ1) is 19.9. The zero-order chi connectivity index (χ0) is 19.1. The second-order valence-corrected chi connectivity index (χ2v) is 8.22. The molecule has 2 unspecified atom stereocenters. The third kappa shape index (κ3) is 6.09. The van der Waals surface area contributed by atoms with Gasteiger partial charge in [-0.15, -0.1) is 0 Å². The number of ether oxygens (including phenoxy) is 1. The fraction of sp³-hybridized carbons (Fsp3) is 0.714.